The summed E-state index contributed by atoms with van der Waals surface area (Å²) in [5, 5.41) is 7.37. The second-order valence-electron chi connectivity index (χ2n) is 6.21. The number of likely N-dealkylation sites (N-methyl/N-ethyl adjacent to an activating group) is 1. The summed E-state index contributed by atoms with van der Waals surface area (Å²) in [5.74, 6) is 0. The zero-order chi connectivity index (χ0) is 15.5. The van der Waals surface area contributed by atoms with Crippen LogP contribution in [-0.2, 0) is 16.3 Å². The molecule has 0 aromatic carbocycles. The number of aromatic nitrogens is 2. The van der Waals surface area contributed by atoms with Crippen LogP contribution in [0.2, 0.25) is 0 Å². The Morgan fingerprint density at radius 3 is 2.62 bits per heavy atom. The predicted molar refractivity (Wildman–Crippen MR) is 85.2 cm³/mol. The van der Waals surface area contributed by atoms with Crippen molar-refractivity contribution in [1.29, 1.82) is 0 Å². The van der Waals surface area contributed by atoms with Crippen molar-refractivity contribution in [2.75, 3.05) is 13.3 Å². The van der Waals surface area contributed by atoms with Crippen molar-refractivity contribution in [2.45, 2.75) is 62.8 Å². The molecule has 0 saturated heterocycles. The molecule has 0 bridgehead atoms. The fraction of sp³-hybridized carbons (Fsp3) is 0.800. The molecule has 1 aliphatic carbocycles. The normalized spacial score (nSPS) is 20.3. The lowest BCUT2D eigenvalue weighted by molar-refractivity contribution is 0.327. The maximum absolute atomic E-state index is 11.7. The first-order chi connectivity index (χ1) is 9.91. The molecule has 0 aliphatic heterocycles. The number of hydrogen-bond donors (Lipinski definition) is 1. The van der Waals surface area contributed by atoms with Gasteiger partial charge in [-0.05, 0) is 32.9 Å². The molecule has 1 aliphatic rings. The van der Waals surface area contributed by atoms with E-state index in [0.29, 0.717) is 12.5 Å². The summed E-state index contributed by atoms with van der Waals surface area (Å²) in [6.45, 7) is 1.76. The Kier molecular flexibility index (Phi) is 5.43. The Hall–Kier alpha value is -0.880. The van der Waals surface area contributed by atoms with Gasteiger partial charge < -0.3 is 5.32 Å². The van der Waals surface area contributed by atoms with Crippen molar-refractivity contribution in [2.24, 2.45) is 0 Å². The van der Waals surface area contributed by atoms with Crippen LogP contribution in [0.25, 0.3) is 0 Å². The van der Waals surface area contributed by atoms with Gasteiger partial charge in [-0.25, -0.2) is 8.42 Å². The molecule has 1 aromatic rings. The molecule has 2 rings (SSSR count). The Morgan fingerprint density at radius 2 is 2.05 bits per heavy atom. The Bertz CT molecular complexity index is 547. The highest BCUT2D eigenvalue weighted by molar-refractivity contribution is 7.91. The van der Waals surface area contributed by atoms with Gasteiger partial charge in [0, 0.05) is 24.9 Å². The highest BCUT2D eigenvalue weighted by Gasteiger charge is 2.26. The number of hydrogen-bond acceptors (Lipinski definition) is 4. The molecule has 0 spiro atoms. The molecule has 2 unspecified atom stereocenters. The van der Waals surface area contributed by atoms with Gasteiger partial charge in [0.25, 0.3) is 0 Å². The summed E-state index contributed by atoms with van der Waals surface area (Å²) in [6.07, 6.45) is 10.3. The van der Waals surface area contributed by atoms with E-state index in [0.717, 1.165) is 5.69 Å². The molecule has 0 radical (unpaired) electrons. The minimum Gasteiger partial charge on any atom is -0.315 e. The fourth-order valence-electron chi connectivity index (χ4n) is 3.06. The lowest BCUT2D eigenvalue weighted by Gasteiger charge is -2.22. The molecule has 1 N–H and O–H groups in total. The average Bonchev–Trinajstić information content (AvgIpc) is 2.92. The van der Waals surface area contributed by atoms with Crippen LogP contribution >= 0.6 is 0 Å². The highest BCUT2D eigenvalue weighted by Crippen LogP contribution is 2.27. The molecular weight excluding hydrogens is 286 g/mol. The van der Waals surface area contributed by atoms with E-state index >= 15 is 0 Å². The van der Waals surface area contributed by atoms with Crippen LogP contribution in [0, 0.1) is 0 Å². The zero-order valence-corrected chi connectivity index (χ0v) is 14.1. The van der Waals surface area contributed by atoms with E-state index < -0.39 is 15.1 Å². The van der Waals surface area contributed by atoms with Crippen LogP contribution in [0.1, 0.15) is 50.8 Å². The van der Waals surface area contributed by atoms with Gasteiger partial charge in [0.2, 0.25) is 0 Å². The molecule has 0 amide bonds. The second-order valence-corrected chi connectivity index (χ2v) is 8.62. The van der Waals surface area contributed by atoms with Crippen LogP contribution in [0.4, 0.5) is 0 Å². The summed E-state index contributed by atoms with van der Waals surface area (Å²) in [6, 6.07) is 2.44. The Labute approximate surface area is 128 Å². The number of nitrogens with zero attached hydrogens (tertiary/aromatic N) is 2. The smallest absolute Gasteiger partial charge is 0.151 e. The van der Waals surface area contributed by atoms with Gasteiger partial charge in [0.15, 0.2) is 9.84 Å². The molecule has 1 saturated carbocycles. The molecule has 1 fully saturated rings. The quantitative estimate of drug-likeness (QED) is 0.872. The first-order valence-corrected chi connectivity index (χ1v) is 9.77. The van der Waals surface area contributed by atoms with E-state index in [1.807, 2.05) is 19.3 Å². The van der Waals surface area contributed by atoms with E-state index in [1.54, 1.807) is 6.92 Å². The van der Waals surface area contributed by atoms with Crippen LogP contribution in [0.15, 0.2) is 12.3 Å². The van der Waals surface area contributed by atoms with E-state index in [-0.39, 0.29) is 6.04 Å². The summed E-state index contributed by atoms with van der Waals surface area (Å²) in [5.41, 5.74) is 0.968. The Morgan fingerprint density at radius 1 is 1.38 bits per heavy atom. The van der Waals surface area contributed by atoms with Gasteiger partial charge >= 0.3 is 0 Å². The second kappa shape index (κ2) is 6.92. The van der Waals surface area contributed by atoms with Crippen molar-refractivity contribution >= 4 is 9.84 Å². The standard InChI is InChI=1S/C15H27N3O2S/c1-12(21(3,19)20)15(16-2)11-13-9-10-18(17-13)14-7-5-4-6-8-14/h9-10,12,14-16H,4-8,11H2,1-3H3. The first kappa shape index (κ1) is 16.5. The molecule has 21 heavy (non-hydrogen) atoms. The van der Waals surface area contributed by atoms with Crippen LogP contribution < -0.4 is 5.32 Å². The minimum absolute atomic E-state index is 0.102. The summed E-state index contributed by atoms with van der Waals surface area (Å²) >= 11 is 0. The third-order valence-corrected chi connectivity index (χ3v) is 6.33. The molecule has 1 heterocycles. The van der Waals surface area contributed by atoms with Gasteiger partial charge in [0.05, 0.1) is 17.0 Å². The molecule has 1 aromatic heterocycles. The van der Waals surface area contributed by atoms with Crippen molar-refractivity contribution in [3.05, 3.63) is 18.0 Å². The average molecular weight is 313 g/mol. The van der Waals surface area contributed by atoms with Crippen LogP contribution in [0.5, 0.6) is 0 Å². The lowest BCUT2D eigenvalue weighted by atomic mass is 9.96. The van der Waals surface area contributed by atoms with Gasteiger partial charge in [-0.2, -0.15) is 5.10 Å². The monoisotopic (exact) mass is 313 g/mol. The van der Waals surface area contributed by atoms with Crippen molar-refractivity contribution in [3.8, 4) is 0 Å². The summed E-state index contributed by atoms with van der Waals surface area (Å²) in [4.78, 5) is 0. The zero-order valence-electron chi connectivity index (χ0n) is 13.2. The van der Waals surface area contributed by atoms with Crippen molar-refractivity contribution in [1.82, 2.24) is 15.1 Å². The predicted octanol–water partition coefficient (Wildman–Crippen LogP) is 1.95. The topological polar surface area (TPSA) is 64.0 Å². The largest absolute Gasteiger partial charge is 0.315 e. The van der Waals surface area contributed by atoms with E-state index in [4.69, 9.17) is 0 Å². The van der Waals surface area contributed by atoms with Crippen molar-refractivity contribution < 1.29 is 8.42 Å². The van der Waals surface area contributed by atoms with E-state index in [1.165, 1.54) is 38.4 Å². The van der Waals surface area contributed by atoms with Gasteiger partial charge in [-0.1, -0.05) is 19.3 Å². The van der Waals surface area contributed by atoms with Gasteiger partial charge in [-0.15, -0.1) is 0 Å². The third kappa shape index (κ3) is 4.30. The number of rotatable bonds is 6. The maximum atomic E-state index is 11.7. The van der Waals surface area contributed by atoms with E-state index in [9.17, 15) is 8.42 Å². The van der Waals surface area contributed by atoms with Crippen LogP contribution in [0.3, 0.4) is 0 Å². The van der Waals surface area contributed by atoms with Gasteiger partial charge in [0.1, 0.15) is 0 Å². The molecule has 6 heteroatoms. The summed E-state index contributed by atoms with van der Waals surface area (Å²) in [7, 11) is -1.24. The van der Waals surface area contributed by atoms with Crippen LogP contribution in [-0.4, -0.2) is 42.8 Å². The third-order valence-electron chi connectivity index (χ3n) is 4.65. The van der Waals surface area contributed by atoms with Gasteiger partial charge in [-0.3, -0.25) is 4.68 Å². The fourth-order valence-corrected chi connectivity index (χ4v) is 3.89. The summed E-state index contributed by atoms with van der Waals surface area (Å²) < 4.78 is 25.5. The number of sulfone groups is 1. The Balaban J connectivity index is 2.03. The highest BCUT2D eigenvalue weighted by atomic mass is 32.2. The lowest BCUT2D eigenvalue weighted by Crippen LogP contribution is -2.42. The van der Waals surface area contributed by atoms with E-state index in [2.05, 4.69) is 15.1 Å². The minimum atomic E-state index is -3.04. The molecule has 2 atom stereocenters. The molecule has 5 nitrogen and oxygen atoms in total. The maximum Gasteiger partial charge on any atom is 0.151 e. The molecular formula is C15H27N3O2S. The number of nitrogens with one attached hydrogen (secondary N) is 1. The first-order valence-electron chi connectivity index (χ1n) is 7.82. The van der Waals surface area contributed by atoms with Crippen molar-refractivity contribution in [3.63, 3.8) is 0 Å². The molecule has 120 valence electrons. The SMILES string of the molecule is CNC(Cc1ccn(C2CCCCC2)n1)C(C)S(C)(=O)=O.